The molecule has 0 radical (unpaired) electrons. The summed E-state index contributed by atoms with van der Waals surface area (Å²) < 4.78 is 39.6. The Balaban J connectivity index is 2.09. The monoisotopic (exact) mass is 305 g/mol. The van der Waals surface area contributed by atoms with Gasteiger partial charge in [0.2, 0.25) is 5.82 Å². The Hall–Kier alpha value is -1.15. The number of fused-ring (bicyclic) bond motifs is 1. The number of hydrogen-bond acceptors (Lipinski definition) is 4. The fourth-order valence-electron chi connectivity index (χ4n) is 2.81. The first-order valence-electron chi connectivity index (χ1n) is 7.15. The molecule has 1 atom stereocenters. The van der Waals surface area contributed by atoms with Gasteiger partial charge in [-0.1, -0.05) is 13.8 Å². The smallest absolute Gasteiger partial charge is 0.319 e. The van der Waals surface area contributed by atoms with Gasteiger partial charge in [-0.15, -0.1) is 10.2 Å². The van der Waals surface area contributed by atoms with Crippen molar-refractivity contribution in [3.8, 4) is 0 Å². The first-order valence-corrected chi connectivity index (χ1v) is 7.15. The topological polar surface area (TPSA) is 46.0 Å². The van der Waals surface area contributed by atoms with Crippen LogP contribution < -0.4 is 5.32 Å². The molecule has 21 heavy (non-hydrogen) atoms. The maximum atomic E-state index is 12.8. The van der Waals surface area contributed by atoms with Crippen LogP contribution in [-0.2, 0) is 19.3 Å². The number of rotatable bonds is 5. The summed E-state index contributed by atoms with van der Waals surface area (Å²) in [6.45, 7) is 7.32. The minimum absolute atomic E-state index is 0.101. The van der Waals surface area contributed by atoms with E-state index >= 15 is 0 Å². The van der Waals surface area contributed by atoms with E-state index in [0.29, 0.717) is 18.9 Å². The summed E-state index contributed by atoms with van der Waals surface area (Å²) in [7, 11) is 1.91. The number of aromatic nitrogens is 3. The Morgan fingerprint density at radius 1 is 1.24 bits per heavy atom. The maximum absolute atomic E-state index is 12.8. The molecule has 0 aliphatic carbocycles. The van der Waals surface area contributed by atoms with E-state index in [2.05, 4.69) is 34.3 Å². The van der Waals surface area contributed by atoms with Gasteiger partial charge in [0.25, 0.3) is 0 Å². The van der Waals surface area contributed by atoms with E-state index in [1.165, 1.54) is 4.57 Å². The normalized spacial score (nSPS) is 19.3. The third-order valence-corrected chi connectivity index (χ3v) is 4.15. The van der Waals surface area contributed by atoms with Gasteiger partial charge >= 0.3 is 6.18 Å². The predicted octanol–water partition coefficient (Wildman–Crippen LogP) is 1.75. The van der Waals surface area contributed by atoms with Crippen molar-refractivity contribution in [2.45, 2.75) is 39.5 Å². The lowest BCUT2D eigenvalue weighted by molar-refractivity contribution is -0.148. The standard InChI is InChI=1S/C13H22F3N5/c1-4-12(2,8-17-3)9-20-5-6-21-10(7-20)18-19-11(21)13(14,15)16/h17H,4-9H2,1-3H3. The Labute approximate surface area is 122 Å². The van der Waals surface area contributed by atoms with Crippen LogP contribution in [0.5, 0.6) is 0 Å². The summed E-state index contributed by atoms with van der Waals surface area (Å²) in [6.07, 6.45) is -3.43. The number of alkyl halides is 3. The van der Waals surface area contributed by atoms with Crippen LogP contribution >= 0.6 is 0 Å². The summed E-state index contributed by atoms with van der Waals surface area (Å²) in [4.78, 5) is 2.16. The van der Waals surface area contributed by atoms with Gasteiger partial charge in [-0.25, -0.2) is 0 Å². The summed E-state index contributed by atoms with van der Waals surface area (Å²) in [5.74, 6) is -0.484. The largest absolute Gasteiger partial charge is 0.451 e. The van der Waals surface area contributed by atoms with E-state index in [1.54, 1.807) is 0 Å². The van der Waals surface area contributed by atoms with Crippen molar-refractivity contribution in [3.63, 3.8) is 0 Å². The van der Waals surface area contributed by atoms with Crippen LogP contribution in [0.3, 0.4) is 0 Å². The van der Waals surface area contributed by atoms with Gasteiger partial charge in [0, 0.05) is 26.2 Å². The molecular weight excluding hydrogens is 283 g/mol. The zero-order valence-electron chi connectivity index (χ0n) is 12.7. The Kier molecular flexibility index (Phi) is 4.57. The van der Waals surface area contributed by atoms with Crippen LogP contribution in [0.25, 0.3) is 0 Å². The van der Waals surface area contributed by atoms with E-state index in [4.69, 9.17) is 0 Å². The quantitative estimate of drug-likeness (QED) is 0.900. The summed E-state index contributed by atoms with van der Waals surface area (Å²) in [5, 5.41) is 10.2. The van der Waals surface area contributed by atoms with Crippen LogP contribution in [0.15, 0.2) is 0 Å². The van der Waals surface area contributed by atoms with Crippen molar-refractivity contribution >= 4 is 0 Å². The third kappa shape index (κ3) is 3.55. The van der Waals surface area contributed by atoms with E-state index in [0.717, 1.165) is 19.5 Å². The summed E-state index contributed by atoms with van der Waals surface area (Å²) >= 11 is 0. The highest BCUT2D eigenvalue weighted by atomic mass is 19.4. The predicted molar refractivity (Wildman–Crippen MR) is 72.6 cm³/mol. The molecule has 2 rings (SSSR count). The molecule has 1 aromatic heterocycles. The molecular formula is C13H22F3N5. The average Bonchev–Trinajstić information content (AvgIpc) is 2.81. The highest BCUT2D eigenvalue weighted by molar-refractivity contribution is 5.02. The van der Waals surface area contributed by atoms with Gasteiger partial charge in [0.1, 0.15) is 5.82 Å². The van der Waals surface area contributed by atoms with Crippen LogP contribution in [-0.4, -0.2) is 46.3 Å². The molecule has 5 nitrogen and oxygen atoms in total. The van der Waals surface area contributed by atoms with Gasteiger partial charge in [-0.05, 0) is 18.9 Å². The van der Waals surface area contributed by atoms with Crippen molar-refractivity contribution in [1.82, 2.24) is 25.0 Å². The number of halogens is 3. The first-order chi connectivity index (χ1) is 9.79. The summed E-state index contributed by atoms with van der Waals surface area (Å²) in [5.41, 5.74) is 0.101. The Morgan fingerprint density at radius 2 is 1.95 bits per heavy atom. The van der Waals surface area contributed by atoms with Gasteiger partial charge in [-0.2, -0.15) is 13.2 Å². The SMILES string of the molecule is CCC(C)(CNC)CN1CCn2c(nnc2C(F)(F)F)C1. The molecule has 120 valence electrons. The molecule has 1 aliphatic rings. The van der Waals surface area contributed by atoms with Crippen molar-refractivity contribution < 1.29 is 13.2 Å². The van der Waals surface area contributed by atoms with Crippen molar-refractivity contribution in [3.05, 3.63) is 11.6 Å². The van der Waals surface area contributed by atoms with Gasteiger partial charge in [0.15, 0.2) is 0 Å². The first kappa shape index (κ1) is 16.2. The van der Waals surface area contributed by atoms with E-state index in [9.17, 15) is 13.2 Å². The molecule has 1 unspecified atom stereocenters. The van der Waals surface area contributed by atoms with Gasteiger partial charge < -0.3 is 9.88 Å². The second kappa shape index (κ2) is 5.92. The molecule has 0 saturated heterocycles. The highest BCUT2D eigenvalue weighted by Crippen LogP contribution is 2.30. The van der Waals surface area contributed by atoms with Crippen LogP contribution in [0, 0.1) is 5.41 Å². The fourth-order valence-corrected chi connectivity index (χ4v) is 2.81. The molecule has 0 aromatic carbocycles. The lowest BCUT2D eigenvalue weighted by Gasteiger charge is -2.36. The van der Waals surface area contributed by atoms with Gasteiger partial charge in [0.05, 0.1) is 6.54 Å². The van der Waals surface area contributed by atoms with Crippen LogP contribution in [0.1, 0.15) is 31.9 Å². The van der Waals surface area contributed by atoms with Gasteiger partial charge in [-0.3, -0.25) is 4.90 Å². The molecule has 1 aliphatic heterocycles. The molecule has 0 saturated carbocycles. The van der Waals surface area contributed by atoms with E-state index < -0.39 is 12.0 Å². The molecule has 0 fully saturated rings. The Bertz CT molecular complexity index is 485. The second-order valence-electron chi connectivity index (χ2n) is 5.99. The van der Waals surface area contributed by atoms with Crippen molar-refractivity contribution in [1.29, 1.82) is 0 Å². The van der Waals surface area contributed by atoms with Crippen molar-refractivity contribution in [2.24, 2.45) is 5.41 Å². The zero-order chi connectivity index (χ0) is 15.7. The third-order valence-electron chi connectivity index (χ3n) is 4.15. The van der Waals surface area contributed by atoms with E-state index in [-0.39, 0.29) is 12.0 Å². The molecule has 1 N–H and O–H groups in total. The second-order valence-corrected chi connectivity index (χ2v) is 5.99. The number of nitrogens with one attached hydrogen (secondary N) is 1. The number of nitrogens with zero attached hydrogens (tertiary/aromatic N) is 4. The molecule has 2 heterocycles. The summed E-state index contributed by atoms with van der Waals surface area (Å²) in [6, 6.07) is 0. The molecule has 0 bridgehead atoms. The molecule has 0 amide bonds. The zero-order valence-corrected chi connectivity index (χ0v) is 12.7. The fraction of sp³-hybridized carbons (Fsp3) is 0.846. The molecule has 0 spiro atoms. The van der Waals surface area contributed by atoms with E-state index in [1.807, 2.05) is 7.05 Å². The van der Waals surface area contributed by atoms with Crippen LogP contribution in [0.2, 0.25) is 0 Å². The molecule has 8 heteroatoms. The highest BCUT2D eigenvalue weighted by Gasteiger charge is 2.39. The van der Waals surface area contributed by atoms with Crippen molar-refractivity contribution in [2.75, 3.05) is 26.7 Å². The minimum Gasteiger partial charge on any atom is -0.319 e. The minimum atomic E-state index is -4.43. The van der Waals surface area contributed by atoms with Crippen LogP contribution in [0.4, 0.5) is 13.2 Å². The lowest BCUT2D eigenvalue weighted by atomic mass is 9.86. The molecule has 1 aromatic rings. The maximum Gasteiger partial charge on any atom is 0.451 e. The lowest BCUT2D eigenvalue weighted by Crippen LogP contribution is -2.44. The average molecular weight is 305 g/mol. The Morgan fingerprint density at radius 3 is 2.52 bits per heavy atom. The number of hydrogen-bond donors (Lipinski definition) is 1.